The van der Waals surface area contributed by atoms with E-state index in [0.29, 0.717) is 12.2 Å². The van der Waals surface area contributed by atoms with E-state index < -0.39 is 12.0 Å². The van der Waals surface area contributed by atoms with Gasteiger partial charge in [0.05, 0.1) is 6.61 Å². The largest absolute Gasteiger partial charge is 0.488 e. The summed E-state index contributed by atoms with van der Waals surface area (Å²) in [5.74, 6) is -0.516. The molecule has 0 bridgehead atoms. The molecule has 0 saturated heterocycles. The fourth-order valence-electron chi connectivity index (χ4n) is 4.35. The number of nitrogens with zero attached hydrogens (tertiary/aromatic N) is 1. The molecule has 34 heavy (non-hydrogen) atoms. The Morgan fingerprint density at radius 2 is 1.53 bits per heavy atom. The van der Waals surface area contributed by atoms with E-state index in [1.54, 1.807) is 12.1 Å². The maximum Gasteiger partial charge on any atom is 0.329 e. The lowest BCUT2D eigenvalue weighted by atomic mass is 9.98. The van der Waals surface area contributed by atoms with Crippen molar-refractivity contribution in [2.75, 3.05) is 6.61 Å². The number of aliphatic carboxylic acids is 1. The Hall–Kier alpha value is -3.64. The number of benzene rings is 3. The average molecular weight is 460 g/mol. The third kappa shape index (κ3) is 5.13. The van der Waals surface area contributed by atoms with Crippen LogP contribution in [0.1, 0.15) is 43.4 Å². The molecule has 4 rings (SSSR count). The molecule has 0 radical (unpaired) electrons. The highest BCUT2D eigenvalue weighted by atomic mass is 16.7. The fourth-order valence-corrected chi connectivity index (χ4v) is 4.35. The van der Waals surface area contributed by atoms with Gasteiger partial charge in [0.15, 0.2) is 6.04 Å². The second kappa shape index (κ2) is 9.69. The minimum absolute atomic E-state index is 0.0851. The van der Waals surface area contributed by atoms with Crippen LogP contribution in [0.4, 0.5) is 0 Å². The minimum Gasteiger partial charge on any atom is -0.488 e. The number of carbonyl (C=O) groups excluding carboxylic acids is 1. The number of hydroxylamine groups is 2. The predicted molar refractivity (Wildman–Crippen MR) is 130 cm³/mol. The maximum absolute atomic E-state index is 12.0. The van der Waals surface area contributed by atoms with E-state index in [0.717, 1.165) is 32.9 Å². The molecule has 0 fully saturated rings. The van der Waals surface area contributed by atoms with Crippen molar-refractivity contribution < 1.29 is 24.3 Å². The molecule has 1 N–H and O–H groups in total. The number of carboxylic acids is 1. The lowest BCUT2D eigenvalue weighted by Crippen LogP contribution is -2.42. The van der Waals surface area contributed by atoms with Crippen LogP contribution in [0.15, 0.2) is 72.8 Å². The molecule has 6 nitrogen and oxygen atoms in total. The average Bonchev–Trinajstić information content (AvgIpc) is 3.12. The third-order valence-electron chi connectivity index (χ3n) is 5.83. The predicted octanol–water partition coefficient (Wildman–Crippen LogP) is 5.06. The lowest BCUT2D eigenvalue weighted by Gasteiger charge is -2.26. The molecule has 0 heterocycles. The highest BCUT2D eigenvalue weighted by Crippen LogP contribution is 2.44. The van der Waals surface area contributed by atoms with Crippen LogP contribution < -0.4 is 4.74 Å². The summed E-state index contributed by atoms with van der Waals surface area (Å²) in [5, 5.41) is 10.8. The van der Waals surface area contributed by atoms with Gasteiger partial charge in [-0.3, -0.25) is 9.63 Å². The number of amides is 1. The van der Waals surface area contributed by atoms with Crippen LogP contribution in [-0.2, 0) is 20.8 Å². The normalized spacial score (nSPS) is 13.6. The minimum atomic E-state index is -1.15. The maximum atomic E-state index is 12.0. The fraction of sp³-hybridized carbons (Fsp3) is 0.286. The summed E-state index contributed by atoms with van der Waals surface area (Å²) in [6.45, 7) is 6.04. The first-order chi connectivity index (χ1) is 16.3. The van der Waals surface area contributed by atoms with Crippen LogP contribution >= 0.6 is 0 Å². The van der Waals surface area contributed by atoms with Crippen molar-refractivity contribution in [1.82, 2.24) is 5.06 Å². The van der Waals surface area contributed by atoms with E-state index in [1.807, 2.05) is 69.3 Å². The first-order valence-electron chi connectivity index (χ1n) is 11.3. The van der Waals surface area contributed by atoms with Gasteiger partial charge in [0, 0.05) is 12.3 Å². The first kappa shape index (κ1) is 23.5. The summed E-state index contributed by atoms with van der Waals surface area (Å²) >= 11 is 0. The number of carboxylic acid groups (broad SMARTS) is 1. The standard InChI is InChI=1S/C28H29NO5/c1-28(2,3)34-20-14-12-19(13-15-20)16-26(27(31)32)29(18-30)33-17-25-23-10-6-4-8-21(23)22-9-5-7-11-24(22)25/h4-15,18,25-26H,16-17H2,1-3H3,(H,31,32)/t26-/m0/s1. The number of ether oxygens (including phenoxy) is 1. The number of hydrogen-bond donors (Lipinski definition) is 1. The number of hydrogen-bond acceptors (Lipinski definition) is 4. The summed E-state index contributed by atoms with van der Waals surface area (Å²) in [6.07, 6.45) is 0.560. The van der Waals surface area contributed by atoms with E-state index >= 15 is 0 Å². The van der Waals surface area contributed by atoms with Crippen molar-refractivity contribution in [3.63, 3.8) is 0 Å². The van der Waals surface area contributed by atoms with Gasteiger partial charge in [-0.2, -0.15) is 0 Å². The van der Waals surface area contributed by atoms with Crippen molar-refractivity contribution in [2.45, 2.75) is 44.8 Å². The summed E-state index contributed by atoms with van der Waals surface area (Å²) in [6, 6.07) is 22.2. The highest BCUT2D eigenvalue weighted by molar-refractivity contribution is 5.79. The Labute approximate surface area is 199 Å². The lowest BCUT2D eigenvalue weighted by molar-refractivity contribution is -0.196. The van der Waals surface area contributed by atoms with Crippen LogP contribution in [0.5, 0.6) is 5.75 Å². The Kier molecular flexibility index (Phi) is 6.70. The van der Waals surface area contributed by atoms with Crippen molar-refractivity contribution in [3.05, 3.63) is 89.5 Å². The van der Waals surface area contributed by atoms with Gasteiger partial charge >= 0.3 is 5.97 Å². The molecule has 1 aliphatic rings. The van der Waals surface area contributed by atoms with Gasteiger partial charge in [0.25, 0.3) is 0 Å². The number of rotatable bonds is 9. The van der Waals surface area contributed by atoms with Crippen LogP contribution in [0.25, 0.3) is 11.1 Å². The van der Waals surface area contributed by atoms with E-state index in [-0.39, 0.29) is 24.5 Å². The monoisotopic (exact) mass is 459 g/mol. The zero-order valence-electron chi connectivity index (χ0n) is 19.6. The number of carbonyl (C=O) groups is 2. The molecule has 0 aliphatic heterocycles. The molecular formula is C28H29NO5. The van der Waals surface area contributed by atoms with Gasteiger partial charge in [0.2, 0.25) is 6.41 Å². The molecular weight excluding hydrogens is 430 g/mol. The van der Waals surface area contributed by atoms with Crippen LogP contribution in [-0.4, -0.2) is 40.8 Å². The second-order valence-electron chi connectivity index (χ2n) is 9.40. The van der Waals surface area contributed by atoms with E-state index in [2.05, 4.69) is 12.1 Å². The second-order valence-corrected chi connectivity index (χ2v) is 9.40. The Morgan fingerprint density at radius 1 is 0.971 bits per heavy atom. The topological polar surface area (TPSA) is 76.1 Å². The molecule has 6 heteroatoms. The van der Waals surface area contributed by atoms with Gasteiger partial charge < -0.3 is 9.84 Å². The van der Waals surface area contributed by atoms with E-state index in [9.17, 15) is 14.7 Å². The van der Waals surface area contributed by atoms with E-state index in [4.69, 9.17) is 9.57 Å². The first-order valence-corrected chi connectivity index (χ1v) is 11.3. The molecule has 1 amide bonds. The van der Waals surface area contributed by atoms with Gasteiger partial charge in [-0.15, -0.1) is 0 Å². The smallest absolute Gasteiger partial charge is 0.329 e. The zero-order valence-corrected chi connectivity index (χ0v) is 19.6. The Balaban J connectivity index is 1.48. The molecule has 1 aliphatic carbocycles. The van der Waals surface area contributed by atoms with Gasteiger partial charge in [-0.05, 0) is 60.7 Å². The van der Waals surface area contributed by atoms with Crippen molar-refractivity contribution in [2.24, 2.45) is 0 Å². The molecule has 0 saturated carbocycles. The van der Waals surface area contributed by atoms with Crippen molar-refractivity contribution in [1.29, 1.82) is 0 Å². The molecule has 3 aromatic rings. The van der Waals surface area contributed by atoms with Crippen LogP contribution in [0.2, 0.25) is 0 Å². The SMILES string of the molecule is CC(C)(C)Oc1ccc(C[C@@H](C(=O)O)N(C=O)OCC2c3ccccc3-c3ccccc32)cc1. The van der Waals surface area contributed by atoms with Crippen LogP contribution in [0.3, 0.4) is 0 Å². The summed E-state index contributed by atoms with van der Waals surface area (Å²) < 4.78 is 5.82. The molecule has 176 valence electrons. The van der Waals surface area contributed by atoms with Gasteiger partial charge in [-0.1, -0.05) is 60.7 Å². The third-order valence-corrected chi connectivity index (χ3v) is 5.83. The molecule has 3 aromatic carbocycles. The van der Waals surface area contributed by atoms with Crippen molar-refractivity contribution in [3.8, 4) is 16.9 Å². The number of fused-ring (bicyclic) bond motifs is 3. The molecule has 0 spiro atoms. The summed E-state index contributed by atoms with van der Waals surface area (Å²) in [5.41, 5.74) is 4.92. The quantitative estimate of drug-likeness (QED) is 0.357. The Morgan fingerprint density at radius 3 is 2.03 bits per heavy atom. The van der Waals surface area contributed by atoms with E-state index in [1.165, 1.54) is 0 Å². The van der Waals surface area contributed by atoms with Crippen LogP contribution in [0, 0.1) is 0 Å². The van der Waals surface area contributed by atoms with Gasteiger partial charge in [0.1, 0.15) is 11.4 Å². The molecule has 0 aromatic heterocycles. The molecule has 1 atom stereocenters. The zero-order chi connectivity index (χ0) is 24.3. The van der Waals surface area contributed by atoms with Gasteiger partial charge in [-0.25, -0.2) is 9.86 Å². The van der Waals surface area contributed by atoms with Crippen molar-refractivity contribution >= 4 is 12.4 Å². The Bertz CT molecular complexity index is 1120. The summed E-state index contributed by atoms with van der Waals surface area (Å²) in [7, 11) is 0. The summed E-state index contributed by atoms with van der Waals surface area (Å²) in [4.78, 5) is 29.7. The molecule has 0 unspecified atom stereocenters. The highest BCUT2D eigenvalue weighted by Gasteiger charge is 2.31.